The van der Waals surface area contributed by atoms with Crippen LogP contribution in [0.15, 0.2) is 34.7 Å². The quantitative estimate of drug-likeness (QED) is 0.647. The molecular formula is C17H21BrO3. The maximum absolute atomic E-state index is 5.81. The summed E-state index contributed by atoms with van der Waals surface area (Å²) in [6.07, 6.45) is 0.896. The van der Waals surface area contributed by atoms with Crippen LogP contribution in [0, 0.1) is 0 Å². The van der Waals surface area contributed by atoms with E-state index in [-0.39, 0.29) is 4.83 Å². The summed E-state index contributed by atoms with van der Waals surface area (Å²) < 4.78 is 17.1. The minimum Gasteiger partial charge on any atom is -0.490 e. The summed E-state index contributed by atoms with van der Waals surface area (Å²) in [6, 6.07) is 10.0. The van der Waals surface area contributed by atoms with Gasteiger partial charge in [-0.2, -0.15) is 0 Å². The zero-order valence-corrected chi connectivity index (χ0v) is 14.3. The van der Waals surface area contributed by atoms with Gasteiger partial charge in [-0.1, -0.05) is 28.9 Å². The van der Waals surface area contributed by atoms with E-state index in [9.17, 15) is 0 Å². The number of rotatable bonds is 7. The van der Waals surface area contributed by atoms with Crippen LogP contribution in [0.1, 0.15) is 42.7 Å². The van der Waals surface area contributed by atoms with E-state index in [2.05, 4.69) is 22.9 Å². The highest BCUT2D eigenvalue weighted by Crippen LogP contribution is 2.37. The summed E-state index contributed by atoms with van der Waals surface area (Å²) >= 11 is 3.70. The molecule has 0 saturated heterocycles. The molecule has 0 bridgehead atoms. The van der Waals surface area contributed by atoms with Gasteiger partial charge in [0, 0.05) is 6.42 Å². The number of alkyl halides is 1. The van der Waals surface area contributed by atoms with Crippen LogP contribution < -0.4 is 9.47 Å². The molecule has 0 amide bonds. The Morgan fingerprint density at radius 1 is 1.00 bits per heavy atom. The molecule has 1 heterocycles. The van der Waals surface area contributed by atoms with Gasteiger partial charge in [-0.15, -0.1) is 0 Å². The zero-order valence-electron chi connectivity index (χ0n) is 12.7. The van der Waals surface area contributed by atoms with E-state index in [4.69, 9.17) is 13.9 Å². The van der Waals surface area contributed by atoms with Gasteiger partial charge in [-0.25, -0.2) is 0 Å². The van der Waals surface area contributed by atoms with Crippen LogP contribution in [0.5, 0.6) is 11.5 Å². The Bertz CT molecular complexity index is 577. The van der Waals surface area contributed by atoms with Gasteiger partial charge >= 0.3 is 0 Å². The van der Waals surface area contributed by atoms with Gasteiger partial charge in [0.1, 0.15) is 11.5 Å². The Balaban J connectivity index is 2.27. The maximum atomic E-state index is 5.81. The first kappa shape index (κ1) is 16.0. The summed E-state index contributed by atoms with van der Waals surface area (Å²) in [4.78, 5) is 0.00711. The number of aryl methyl sites for hydroxylation is 1. The van der Waals surface area contributed by atoms with Crippen molar-refractivity contribution in [1.82, 2.24) is 0 Å². The fourth-order valence-corrected chi connectivity index (χ4v) is 2.64. The molecule has 1 unspecified atom stereocenters. The Kier molecular flexibility index (Phi) is 5.74. The Labute approximate surface area is 134 Å². The van der Waals surface area contributed by atoms with E-state index in [1.165, 1.54) is 0 Å². The minimum absolute atomic E-state index is 0.00711. The van der Waals surface area contributed by atoms with Crippen molar-refractivity contribution in [2.75, 3.05) is 13.2 Å². The average molecular weight is 353 g/mol. The minimum atomic E-state index is 0.00711. The first-order chi connectivity index (χ1) is 10.2. The van der Waals surface area contributed by atoms with E-state index in [1.807, 2.05) is 44.2 Å². The van der Waals surface area contributed by atoms with Crippen LogP contribution in [0.2, 0.25) is 0 Å². The molecule has 2 rings (SSSR count). The molecule has 1 atom stereocenters. The van der Waals surface area contributed by atoms with E-state index in [1.54, 1.807) is 0 Å². The predicted octanol–water partition coefficient (Wildman–Crippen LogP) is 5.12. The molecule has 1 aromatic heterocycles. The van der Waals surface area contributed by atoms with Crippen LogP contribution in [0.25, 0.3) is 0 Å². The molecule has 4 heteroatoms. The number of halogens is 1. The van der Waals surface area contributed by atoms with Crippen molar-refractivity contribution in [2.24, 2.45) is 0 Å². The SMILES string of the molecule is CCOc1ccc(C(Br)c2ccc(CC)o2)cc1OCC. The van der Waals surface area contributed by atoms with Crippen LogP contribution in [0.3, 0.4) is 0 Å². The van der Waals surface area contributed by atoms with E-state index in [0.29, 0.717) is 13.2 Å². The molecule has 0 radical (unpaired) electrons. The number of furan rings is 1. The monoisotopic (exact) mass is 352 g/mol. The van der Waals surface area contributed by atoms with Gasteiger partial charge in [0.15, 0.2) is 11.5 Å². The van der Waals surface area contributed by atoms with Crippen molar-refractivity contribution in [3.05, 3.63) is 47.4 Å². The summed E-state index contributed by atoms with van der Waals surface area (Å²) in [7, 11) is 0. The molecule has 0 aliphatic rings. The van der Waals surface area contributed by atoms with Crippen molar-refractivity contribution in [3.8, 4) is 11.5 Å². The first-order valence-electron chi connectivity index (χ1n) is 7.31. The van der Waals surface area contributed by atoms with Crippen molar-refractivity contribution < 1.29 is 13.9 Å². The fraction of sp³-hybridized carbons (Fsp3) is 0.412. The molecule has 21 heavy (non-hydrogen) atoms. The van der Waals surface area contributed by atoms with Gasteiger partial charge in [-0.05, 0) is 43.7 Å². The topological polar surface area (TPSA) is 31.6 Å². The molecule has 1 aromatic carbocycles. The lowest BCUT2D eigenvalue weighted by molar-refractivity contribution is 0.287. The summed E-state index contributed by atoms with van der Waals surface area (Å²) in [5.74, 6) is 3.43. The van der Waals surface area contributed by atoms with Crippen LogP contribution in [-0.4, -0.2) is 13.2 Å². The van der Waals surface area contributed by atoms with Gasteiger partial charge in [0.25, 0.3) is 0 Å². The number of ether oxygens (including phenoxy) is 2. The van der Waals surface area contributed by atoms with E-state index >= 15 is 0 Å². The smallest absolute Gasteiger partial charge is 0.161 e. The highest BCUT2D eigenvalue weighted by Gasteiger charge is 2.17. The Morgan fingerprint density at radius 2 is 1.71 bits per heavy atom. The molecule has 0 N–H and O–H groups in total. The van der Waals surface area contributed by atoms with Gasteiger partial charge in [0.05, 0.1) is 18.0 Å². The van der Waals surface area contributed by atoms with Gasteiger partial charge in [0.2, 0.25) is 0 Å². The summed E-state index contributed by atoms with van der Waals surface area (Å²) in [6.45, 7) is 7.24. The maximum Gasteiger partial charge on any atom is 0.161 e. The summed E-state index contributed by atoms with van der Waals surface area (Å²) in [5, 5.41) is 0. The van der Waals surface area contributed by atoms with Gasteiger partial charge < -0.3 is 13.9 Å². The van der Waals surface area contributed by atoms with E-state index in [0.717, 1.165) is 35.0 Å². The molecule has 0 spiro atoms. The largest absolute Gasteiger partial charge is 0.490 e. The van der Waals surface area contributed by atoms with E-state index < -0.39 is 0 Å². The highest BCUT2D eigenvalue weighted by molar-refractivity contribution is 9.09. The second-order valence-corrected chi connectivity index (χ2v) is 5.51. The normalized spacial score (nSPS) is 12.2. The van der Waals surface area contributed by atoms with Crippen molar-refractivity contribution in [3.63, 3.8) is 0 Å². The fourth-order valence-electron chi connectivity index (χ4n) is 2.11. The Hall–Kier alpha value is -1.42. The average Bonchev–Trinajstić information content (AvgIpc) is 2.98. The van der Waals surface area contributed by atoms with Crippen molar-refractivity contribution in [1.29, 1.82) is 0 Å². The molecule has 114 valence electrons. The lowest BCUT2D eigenvalue weighted by Gasteiger charge is -2.14. The molecule has 2 aromatic rings. The molecule has 0 aliphatic carbocycles. The van der Waals surface area contributed by atoms with Gasteiger partial charge in [-0.3, -0.25) is 0 Å². The molecule has 3 nitrogen and oxygen atoms in total. The number of benzene rings is 1. The molecule has 0 saturated carbocycles. The first-order valence-corrected chi connectivity index (χ1v) is 8.23. The number of hydrogen-bond acceptors (Lipinski definition) is 3. The third kappa shape index (κ3) is 3.82. The molecule has 0 fully saturated rings. The zero-order chi connectivity index (χ0) is 15.2. The van der Waals surface area contributed by atoms with Crippen LogP contribution in [-0.2, 0) is 6.42 Å². The third-order valence-corrected chi connectivity index (χ3v) is 4.12. The lowest BCUT2D eigenvalue weighted by Crippen LogP contribution is -2.00. The van der Waals surface area contributed by atoms with Crippen LogP contribution in [0.4, 0.5) is 0 Å². The molecular weight excluding hydrogens is 332 g/mol. The highest BCUT2D eigenvalue weighted by atomic mass is 79.9. The Morgan fingerprint density at radius 3 is 2.33 bits per heavy atom. The standard InChI is InChI=1S/C17H21BrO3/c1-4-13-8-10-15(21-13)17(18)12-7-9-14(19-5-2)16(11-12)20-6-3/h7-11,17H,4-6H2,1-3H3. The second kappa shape index (κ2) is 7.55. The van der Waals surface area contributed by atoms with Crippen molar-refractivity contribution in [2.45, 2.75) is 32.0 Å². The predicted molar refractivity (Wildman–Crippen MR) is 87.6 cm³/mol. The molecule has 0 aliphatic heterocycles. The lowest BCUT2D eigenvalue weighted by atomic mass is 10.1. The van der Waals surface area contributed by atoms with Crippen molar-refractivity contribution >= 4 is 15.9 Å². The summed E-state index contributed by atoms with van der Waals surface area (Å²) in [5.41, 5.74) is 1.08. The third-order valence-electron chi connectivity index (χ3n) is 3.14. The second-order valence-electron chi connectivity index (χ2n) is 4.59. The number of hydrogen-bond donors (Lipinski definition) is 0. The van der Waals surface area contributed by atoms with Crippen LogP contribution >= 0.6 is 15.9 Å².